The van der Waals surface area contributed by atoms with E-state index in [2.05, 4.69) is 49.5 Å². The summed E-state index contributed by atoms with van der Waals surface area (Å²) in [5.74, 6) is 0.358. The van der Waals surface area contributed by atoms with Crippen LogP contribution < -0.4 is 5.32 Å². The number of carbonyl (C=O) groups is 1. The van der Waals surface area contributed by atoms with Crippen molar-refractivity contribution in [3.05, 3.63) is 72.4 Å². The number of amides is 1. The van der Waals surface area contributed by atoms with Crippen LogP contribution in [0.4, 0.5) is 0 Å². The Hall–Kier alpha value is -3.06. The molecule has 0 unspecified atom stereocenters. The average Bonchev–Trinajstić information content (AvgIpc) is 3.35. The topological polar surface area (TPSA) is 75.9 Å². The van der Waals surface area contributed by atoms with Gasteiger partial charge in [-0.1, -0.05) is 30.3 Å². The lowest BCUT2D eigenvalue weighted by molar-refractivity contribution is 0.0937. The minimum absolute atomic E-state index is 0.129. The fraction of sp³-hybridized carbons (Fsp3) is 0.263. The lowest BCUT2D eigenvalue weighted by Crippen LogP contribution is -2.37. The predicted octanol–water partition coefficient (Wildman–Crippen LogP) is 1.67. The first-order chi connectivity index (χ1) is 12.8. The van der Waals surface area contributed by atoms with Crippen molar-refractivity contribution in [3.8, 4) is 5.82 Å². The molecule has 7 heteroatoms. The highest BCUT2D eigenvalue weighted by Crippen LogP contribution is 2.15. The number of pyridine rings is 1. The second-order valence-corrected chi connectivity index (χ2v) is 6.39. The Bertz CT molecular complexity index is 865. The third-order valence-corrected chi connectivity index (χ3v) is 4.52. The highest BCUT2D eigenvalue weighted by atomic mass is 16.1. The molecular formula is C19H20N6O. The minimum Gasteiger partial charge on any atom is -0.348 e. The van der Waals surface area contributed by atoms with Crippen LogP contribution in [-0.2, 0) is 6.54 Å². The lowest BCUT2D eigenvalue weighted by Gasteiger charge is -2.17. The van der Waals surface area contributed by atoms with E-state index in [9.17, 15) is 4.79 Å². The van der Waals surface area contributed by atoms with E-state index in [4.69, 9.17) is 0 Å². The maximum absolute atomic E-state index is 12.8. The molecule has 1 saturated heterocycles. The SMILES string of the molecule is O=C(N[C@@H]1CCN(Cc2ccccc2)C1)c1cccnc1-n1cncn1. The minimum atomic E-state index is -0.129. The second kappa shape index (κ2) is 7.45. The van der Waals surface area contributed by atoms with E-state index in [1.165, 1.54) is 22.9 Å². The Morgan fingerprint density at radius 2 is 2.08 bits per heavy atom. The summed E-state index contributed by atoms with van der Waals surface area (Å²) >= 11 is 0. The summed E-state index contributed by atoms with van der Waals surface area (Å²) in [5, 5.41) is 7.21. The monoisotopic (exact) mass is 348 g/mol. The van der Waals surface area contributed by atoms with Gasteiger partial charge in [0.25, 0.3) is 5.91 Å². The molecule has 1 N–H and O–H groups in total. The Morgan fingerprint density at radius 1 is 1.19 bits per heavy atom. The number of benzene rings is 1. The van der Waals surface area contributed by atoms with Gasteiger partial charge in [-0.05, 0) is 24.1 Å². The fourth-order valence-electron chi connectivity index (χ4n) is 3.27. The zero-order valence-electron chi connectivity index (χ0n) is 14.3. The van der Waals surface area contributed by atoms with E-state index in [-0.39, 0.29) is 11.9 Å². The fourth-order valence-corrected chi connectivity index (χ4v) is 3.27. The zero-order valence-corrected chi connectivity index (χ0v) is 14.3. The summed E-state index contributed by atoms with van der Waals surface area (Å²) in [6.07, 6.45) is 5.55. The van der Waals surface area contributed by atoms with Gasteiger partial charge in [0.15, 0.2) is 5.82 Å². The Labute approximate surface area is 151 Å². The molecule has 0 bridgehead atoms. The molecule has 7 nitrogen and oxygen atoms in total. The Balaban J connectivity index is 1.40. The number of nitrogens with one attached hydrogen (secondary N) is 1. The van der Waals surface area contributed by atoms with E-state index in [1.54, 1.807) is 18.3 Å². The number of carbonyl (C=O) groups excluding carboxylic acids is 1. The van der Waals surface area contributed by atoms with Gasteiger partial charge in [0.05, 0.1) is 5.56 Å². The van der Waals surface area contributed by atoms with Crippen molar-refractivity contribution in [1.82, 2.24) is 30.0 Å². The molecule has 1 amide bonds. The summed E-state index contributed by atoms with van der Waals surface area (Å²) in [6.45, 7) is 2.73. The molecule has 0 saturated carbocycles. The number of likely N-dealkylation sites (tertiary alicyclic amines) is 1. The summed E-state index contributed by atoms with van der Waals surface area (Å²) in [6, 6.07) is 14.0. The van der Waals surface area contributed by atoms with Crippen molar-refractivity contribution in [3.63, 3.8) is 0 Å². The number of hydrogen-bond donors (Lipinski definition) is 1. The smallest absolute Gasteiger partial charge is 0.255 e. The molecule has 4 rings (SSSR count). The first kappa shape index (κ1) is 16.4. The van der Waals surface area contributed by atoms with Crippen LogP contribution in [0.2, 0.25) is 0 Å². The molecule has 3 heterocycles. The van der Waals surface area contributed by atoms with Gasteiger partial charge in [0, 0.05) is 31.9 Å². The van der Waals surface area contributed by atoms with E-state index < -0.39 is 0 Å². The predicted molar refractivity (Wildman–Crippen MR) is 96.7 cm³/mol. The third-order valence-electron chi connectivity index (χ3n) is 4.52. The summed E-state index contributed by atoms with van der Waals surface area (Å²) in [7, 11) is 0. The van der Waals surface area contributed by atoms with Crippen molar-refractivity contribution in [2.45, 2.75) is 19.0 Å². The van der Waals surface area contributed by atoms with E-state index in [0.29, 0.717) is 11.4 Å². The van der Waals surface area contributed by atoms with Gasteiger partial charge in [0.2, 0.25) is 0 Å². The van der Waals surface area contributed by atoms with E-state index >= 15 is 0 Å². The van der Waals surface area contributed by atoms with Gasteiger partial charge < -0.3 is 5.32 Å². The van der Waals surface area contributed by atoms with Crippen LogP contribution >= 0.6 is 0 Å². The standard InChI is InChI=1S/C19H20N6O/c26-19(17-7-4-9-21-18(17)25-14-20-13-22-25)23-16-8-10-24(12-16)11-15-5-2-1-3-6-15/h1-7,9,13-14,16H,8,10-12H2,(H,23,26)/t16-/m1/s1. The van der Waals surface area contributed by atoms with E-state index in [0.717, 1.165) is 26.1 Å². The number of hydrogen-bond acceptors (Lipinski definition) is 5. The van der Waals surface area contributed by atoms with Crippen LogP contribution in [0.5, 0.6) is 0 Å². The van der Waals surface area contributed by atoms with Crippen LogP contribution in [0.25, 0.3) is 5.82 Å². The van der Waals surface area contributed by atoms with Gasteiger partial charge in [-0.3, -0.25) is 9.69 Å². The number of rotatable bonds is 5. The number of nitrogens with zero attached hydrogens (tertiary/aromatic N) is 5. The molecule has 1 fully saturated rings. The van der Waals surface area contributed by atoms with Gasteiger partial charge >= 0.3 is 0 Å². The summed E-state index contributed by atoms with van der Waals surface area (Å²) in [5.41, 5.74) is 1.79. The number of aromatic nitrogens is 4. The van der Waals surface area contributed by atoms with Crippen LogP contribution in [0, 0.1) is 0 Å². The molecule has 0 radical (unpaired) electrons. The van der Waals surface area contributed by atoms with Gasteiger partial charge in [-0.2, -0.15) is 5.10 Å². The zero-order chi connectivity index (χ0) is 17.8. The van der Waals surface area contributed by atoms with Crippen molar-refractivity contribution in [1.29, 1.82) is 0 Å². The largest absolute Gasteiger partial charge is 0.348 e. The second-order valence-electron chi connectivity index (χ2n) is 6.39. The molecule has 3 aromatic rings. The van der Waals surface area contributed by atoms with Crippen molar-refractivity contribution >= 4 is 5.91 Å². The normalized spacial score (nSPS) is 17.3. The molecular weight excluding hydrogens is 328 g/mol. The lowest BCUT2D eigenvalue weighted by atomic mass is 10.2. The molecule has 26 heavy (non-hydrogen) atoms. The molecule has 1 aliphatic rings. The van der Waals surface area contributed by atoms with Gasteiger partial charge in [-0.15, -0.1) is 0 Å². The highest BCUT2D eigenvalue weighted by molar-refractivity contribution is 5.97. The Kier molecular flexibility index (Phi) is 4.70. The van der Waals surface area contributed by atoms with Crippen molar-refractivity contribution in [2.24, 2.45) is 0 Å². The molecule has 1 aliphatic heterocycles. The van der Waals surface area contributed by atoms with E-state index in [1.807, 2.05) is 6.07 Å². The highest BCUT2D eigenvalue weighted by Gasteiger charge is 2.25. The summed E-state index contributed by atoms with van der Waals surface area (Å²) < 4.78 is 1.51. The van der Waals surface area contributed by atoms with Crippen LogP contribution in [-0.4, -0.2) is 49.7 Å². The average molecular weight is 348 g/mol. The molecule has 1 atom stereocenters. The van der Waals surface area contributed by atoms with Gasteiger partial charge in [-0.25, -0.2) is 14.6 Å². The first-order valence-electron chi connectivity index (χ1n) is 8.67. The third kappa shape index (κ3) is 3.62. The van der Waals surface area contributed by atoms with Gasteiger partial charge in [0.1, 0.15) is 12.7 Å². The summed E-state index contributed by atoms with van der Waals surface area (Å²) in [4.78, 5) is 23.3. The van der Waals surface area contributed by atoms with Crippen LogP contribution in [0.1, 0.15) is 22.3 Å². The quantitative estimate of drug-likeness (QED) is 0.759. The molecule has 132 valence electrons. The molecule has 0 spiro atoms. The molecule has 0 aliphatic carbocycles. The first-order valence-corrected chi connectivity index (χ1v) is 8.67. The van der Waals surface area contributed by atoms with Crippen molar-refractivity contribution in [2.75, 3.05) is 13.1 Å². The van der Waals surface area contributed by atoms with Crippen LogP contribution in [0.3, 0.4) is 0 Å². The molecule has 2 aromatic heterocycles. The Morgan fingerprint density at radius 3 is 2.88 bits per heavy atom. The molecule has 1 aromatic carbocycles. The maximum Gasteiger partial charge on any atom is 0.255 e. The maximum atomic E-state index is 12.8. The van der Waals surface area contributed by atoms with Crippen molar-refractivity contribution < 1.29 is 4.79 Å². The van der Waals surface area contributed by atoms with Crippen LogP contribution in [0.15, 0.2) is 61.3 Å².